The normalized spacial score (nSPS) is 16.1. The molecule has 1 atom stereocenters. The van der Waals surface area contributed by atoms with Crippen molar-refractivity contribution in [1.82, 2.24) is 4.90 Å². The third-order valence-corrected chi connectivity index (χ3v) is 5.87. The number of quaternary nitrogens is 1. The number of hydrogen-bond acceptors (Lipinski definition) is 3. The third kappa shape index (κ3) is 3.54. The van der Waals surface area contributed by atoms with Crippen LogP contribution in [0.15, 0.2) is 57.7 Å². The molecule has 0 unspecified atom stereocenters. The molecule has 0 fully saturated rings. The maximum atomic E-state index is 13.4. The quantitative estimate of drug-likeness (QED) is 0.686. The predicted molar refractivity (Wildman–Crippen MR) is 118 cm³/mol. The maximum absolute atomic E-state index is 13.4. The van der Waals surface area contributed by atoms with E-state index in [1.54, 1.807) is 12.1 Å². The number of para-hydroxylation sites is 1. The van der Waals surface area contributed by atoms with Crippen LogP contribution in [0.5, 0.6) is 0 Å². The molecule has 1 aromatic heterocycles. The molecule has 1 amide bonds. The fraction of sp³-hybridized carbons (Fsp3) is 0.360. The number of nitrogens with one attached hydrogen (secondary N) is 1. The summed E-state index contributed by atoms with van der Waals surface area (Å²) in [5, 5.41) is 0.521. The molecule has 0 saturated heterocycles. The summed E-state index contributed by atoms with van der Waals surface area (Å²) in [5.74, 6) is 0.415. The van der Waals surface area contributed by atoms with Crippen molar-refractivity contribution in [2.24, 2.45) is 0 Å². The van der Waals surface area contributed by atoms with Gasteiger partial charge >= 0.3 is 0 Å². The van der Waals surface area contributed by atoms with Crippen LogP contribution in [0.1, 0.15) is 59.5 Å². The second-order valence-electron chi connectivity index (χ2n) is 8.70. The molecule has 5 nitrogen and oxygen atoms in total. The van der Waals surface area contributed by atoms with Crippen molar-refractivity contribution in [2.45, 2.75) is 32.2 Å². The molecule has 156 valence electrons. The molecule has 2 heterocycles. The summed E-state index contributed by atoms with van der Waals surface area (Å²) >= 11 is 0. The van der Waals surface area contributed by atoms with E-state index in [1.165, 1.54) is 10.5 Å². The molecule has 30 heavy (non-hydrogen) atoms. The average Bonchev–Trinajstić information content (AvgIpc) is 3.00. The first-order valence-corrected chi connectivity index (χ1v) is 10.6. The van der Waals surface area contributed by atoms with Gasteiger partial charge in [0.1, 0.15) is 5.58 Å². The van der Waals surface area contributed by atoms with Gasteiger partial charge in [-0.1, -0.05) is 50.2 Å². The smallest absolute Gasteiger partial charge is 0.290 e. The number of nitrogens with zero attached hydrogens (tertiary/aromatic N) is 1. The highest BCUT2D eigenvalue weighted by Gasteiger charge is 2.42. The van der Waals surface area contributed by atoms with Crippen molar-refractivity contribution in [3.05, 3.63) is 81.2 Å². The number of rotatable bonds is 6. The SMILES string of the molecule is CC(C)c1ccc([C@H]2c3c(oc4ccccc4c3=O)C(=O)N2CCC[NH+](C)C)cc1. The van der Waals surface area contributed by atoms with Gasteiger partial charge in [-0.05, 0) is 29.2 Å². The van der Waals surface area contributed by atoms with Crippen LogP contribution in [0.2, 0.25) is 0 Å². The summed E-state index contributed by atoms with van der Waals surface area (Å²) in [7, 11) is 4.20. The van der Waals surface area contributed by atoms with Gasteiger partial charge < -0.3 is 14.2 Å². The van der Waals surface area contributed by atoms with Gasteiger partial charge in [0.05, 0.1) is 37.6 Å². The molecular weight excluding hydrogens is 376 g/mol. The second kappa shape index (κ2) is 8.07. The van der Waals surface area contributed by atoms with Gasteiger partial charge in [0.15, 0.2) is 5.43 Å². The minimum Gasteiger partial charge on any atom is -0.450 e. The van der Waals surface area contributed by atoms with E-state index in [9.17, 15) is 9.59 Å². The Hall–Kier alpha value is -2.92. The van der Waals surface area contributed by atoms with E-state index in [0.29, 0.717) is 29.0 Å². The molecule has 0 saturated carbocycles. The van der Waals surface area contributed by atoms with E-state index >= 15 is 0 Å². The van der Waals surface area contributed by atoms with Gasteiger partial charge in [0, 0.05) is 13.0 Å². The van der Waals surface area contributed by atoms with E-state index in [0.717, 1.165) is 18.5 Å². The molecule has 0 spiro atoms. The third-order valence-electron chi connectivity index (χ3n) is 5.87. The summed E-state index contributed by atoms with van der Waals surface area (Å²) in [6.07, 6.45) is 0.857. The first-order chi connectivity index (χ1) is 14.4. The Morgan fingerprint density at radius 1 is 1.03 bits per heavy atom. The summed E-state index contributed by atoms with van der Waals surface area (Å²) in [6.45, 7) is 5.84. The first-order valence-electron chi connectivity index (χ1n) is 10.6. The lowest BCUT2D eigenvalue weighted by atomic mass is 9.95. The fourth-order valence-electron chi connectivity index (χ4n) is 4.21. The van der Waals surface area contributed by atoms with E-state index in [1.807, 2.05) is 29.2 Å². The lowest BCUT2D eigenvalue weighted by molar-refractivity contribution is -0.858. The monoisotopic (exact) mass is 405 g/mol. The van der Waals surface area contributed by atoms with Gasteiger partial charge in [0.25, 0.3) is 5.91 Å². The van der Waals surface area contributed by atoms with Crippen molar-refractivity contribution in [3.63, 3.8) is 0 Å². The number of carbonyl (C=O) groups is 1. The molecule has 1 aliphatic rings. The van der Waals surface area contributed by atoms with Crippen molar-refractivity contribution in [3.8, 4) is 0 Å². The van der Waals surface area contributed by atoms with Crippen LogP contribution in [-0.2, 0) is 0 Å². The number of carbonyl (C=O) groups excluding carboxylic acids is 1. The predicted octanol–water partition coefficient (Wildman–Crippen LogP) is 3.00. The summed E-state index contributed by atoms with van der Waals surface area (Å²) in [4.78, 5) is 29.9. The van der Waals surface area contributed by atoms with Gasteiger partial charge in [-0.25, -0.2) is 0 Å². The topological polar surface area (TPSA) is 55.0 Å². The second-order valence-corrected chi connectivity index (χ2v) is 8.70. The van der Waals surface area contributed by atoms with Crippen molar-refractivity contribution >= 4 is 16.9 Å². The largest absolute Gasteiger partial charge is 0.450 e. The van der Waals surface area contributed by atoms with Crippen molar-refractivity contribution in [1.29, 1.82) is 0 Å². The number of amides is 1. The summed E-state index contributed by atoms with van der Waals surface area (Å²) < 4.78 is 5.97. The highest BCUT2D eigenvalue weighted by Crippen LogP contribution is 2.38. The summed E-state index contributed by atoms with van der Waals surface area (Å²) in [5.41, 5.74) is 3.00. The molecular formula is C25H29N2O3+. The molecule has 0 bridgehead atoms. The maximum Gasteiger partial charge on any atom is 0.290 e. The Morgan fingerprint density at radius 2 is 1.73 bits per heavy atom. The van der Waals surface area contributed by atoms with Crippen molar-refractivity contribution < 1.29 is 14.1 Å². The Bertz CT molecular complexity index is 1130. The van der Waals surface area contributed by atoms with Crippen LogP contribution < -0.4 is 10.3 Å². The van der Waals surface area contributed by atoms with Crippen LogP contribution >= 0.6 is 0 Å². The van der Waals surface area contributed by atoms with E-state index < -0.39 is 6.04 Å². The van der Waals surface area contributed by atoms with Crippen LogP contribution in [0, 0.1) is 0 Å². The zero-order valence-corrected chi connectivity index (χ0v) is 18.1. The lowest BCUT2D eigenvalue weighted by Crippen LogP contribution is -3.05. The highest BCUT2D eigenvalue weighted by molar-refractivity contribution is 5.99. The Morgan fingerprint density at radius 3 is 2.40 bits per heavy atom. The minimum atomic E-state index is -0.410. The highest BCUT2D eigenvalue weighted by atomic mass is 16.3. The molecule has 4 rings (SSSR count). The molecule has 2 aromatic carbocycles. The Balaban J connectivity index is 1.84. The average molecular weight is 406 g/mol. The Labute approximate surface area is 176 Å². The van der Waals surface area contributed by atoms with Crippen LogP contribution in [0.3, 0.4) is 0 Å². The molecule has 3 aromatic rings. The van der Waals surface area contributed by atoms with Gasteiger partial charge in [-0.15, -0.1) is 0 Å². The van der Waals surface area contributed by atoms with Gasteiger partial charge in [-0.2, -0.15) is 0 Å². The minimum absolute atomic E-state index is 0.112. The van der Waals surface area contributed by atoms with Crippen molar-refractivity contribution in [2.75, 3.05) is 27.2 Å². The zero-order chi connectivity index (χ0) is 21.4. The summed E-state index contributed by atoms with van der Waals surface area (Å²) in [6, 6.07) is 15.0. The zero-order valence-electron chi connectivity index (χ0n) is 18.1. The number of benzene rings is 2. The Kier molecular flexibility index (Phi) is 5.48. The van der Waals surface area contributed by atoms with E-state index in [2.05, 4.69) is 40.1 Å². The molecule has 0 radical (unpaired) electrons. The van der Waals surface area contributed by atoms with Gasteiger partial charge in [0.2, 0.25) is 5.76 Å². The van der Waals surface area contributed by atoms with E-state index in [4.69, 9.17) is 4.42 Å². The fourth-order valence-corrected chi connectivity index (χ4v) is 4.21. The first kappa shape index (κ1) is 20.4. The molecule has 1 aliphatic heterocycles. The van der Waals surface area contributed by atoms with Gasteiger partial charge in [-0.3, -0.25) is 9.59 Å². The molecule has 0 aliphatic carbocycles. The molecule has 5 heteroatoms. The number of hydrogen-bond donors (Lipinski definition) is 1. The van der Waals surface area contributed by atoms with Crippen LogP contribution in [0.4, 0.5) is 0 Å². The number of fused-ring (bicyclic) bond motifs is 2. The molecule has 1 N–H and O–H groups in total. The van der Waals surface area contributed by atoms with Crippen LogP contribution in [-0.4, -0.2) is 38.0 Å². The van der Waals surface area contributed by atoms with Crippen LogP contribution in [0.25, 0.3) is 11.0 Å². The standard InChI is InChI=1S/C25H28N2O3/c1-16(2)17-10-12-18(13-11-17)22-21-23(28)19-8-5-6-9-20(19)30-24(21)25(29)27(22)15-7-14-26(3)4/h5-6,8-13,16,22H,7,14-15H2,1-4H3/p+1/t22-/m0/s1. The van der Waals surface area contributed by atoms with E-state index in [-0.39, 0.29) is 17.1 Å². The lowest BCUT2D eigenvalue weighted by Gasteiger charge is -2.25.